The van der Waals surface area contributed by atoms with E-state index in [2.05, 4.69) is 34.2 Å². The first-order valence-electron chi connectivity index (χ1n) is 13.1. The summed E-state index contributed by atoms with van der Waals surface area (Å²) in [5, 5.41) is 19.2. The highest BCUT2D eigenvalue weighted by atomic mass is 16.5. The number of carboxylic acids is 1. The van der Waals surface area contributed by atoms with Crippen LogP contribution in [0.2, 0.25) is 0 Å². The minimum atomic E-state index is -0.646. The average Bonchev–Trinajstić information content (AvgIpc) is 3.21. The van der Waals surface area contributed by atoms with Gasteiger partial charge in [-0.3, -0.25) is 4.79 Å². The second-order valence-electron chi connectivity index (χ2n) is 11.2. The Balaban J connectivity index is 1.26. The van der Waals surface area contributed by atoms with E-state index in [0.29, 0.717) is 23.7 Å². The van der Waals surface area contributed by atoms with Gasteiger partial charge in [0.15, 0.2) is 5.76 Å². The van der Waals surface area contributed by atoms with E-state index < -0.39 is 11.4 Å². The van der Waals surface area contributed by atoms with Crippen LogP contribution in [0.25, 0.3) is 22.8 Å². The molecule has 1 atom stereocenters. The fourth-order valence-corrected chi connectivity index (χ4v) is 6.26. The van der Waals surface area contributed by atoms with Gasteiger partial charge in [-0.1, -0.05) is 18.2 Å². The molecule has 6 rings (SSSR count). The van der Waals surface area contributed by atoms with Crippen LogP contribution in [0.3, 0.4) is 0 Å². The monoisotopic (exact) mass is 497 g/mol. The first kappa shape index (κ1) is 23.7. The zero-order valence-corrected chi connectivity index (χ0v) is 21.3. The number of oxazole rings is 1. The number of rotatable bonds is 7. The van der Waals surface area contributed by atoms with Crippen molar-refractivity contribution < 1.29 is 19.1 Å². The zero-order chi connectivity index (χ0) is 25.8. The number of nitrogens with zero attached hydrogens (tertiary/aromatic N) is 3. The molecule has 2 fully saturated rings. The van der Waals surface area contributed by atoms with Crippen LogP contribution < -0.4 is 4.74 Å². The molecule has 1 saturated carbocycles. The topological polar surface area (TPSA) is 99.6 Å². The second kappa shape index (κ2) is 8.74. The molecular weight excluding hydrogens is 466 g/mol. The molecule has 7 heteroatoms. The molecule has 2 heterocycles. The quantitative estimate of drug-likeness (QED) is 0.465. The lowest BCUT2D eigenvalue weighted by Crippen LogP contribution is -2.35. The maximum absolute atomic E-state index is 11.7. The summed E-state index contributed by atoms with van der Waals surface area (Å²) in [5.74, 6) is 1.11. The smallest absolute Gasteiger partial charge is 0.310 e. The Morgan fingerprint density at radius 3 is 2.81 bits per heavy atom. The van der Waals surface area contributed by atoms with Gasteiger partial charge in [0.2, 0.25) is 5.89 Å². The van der Waals surface area contributed by atoms with E-state index in [0.717, 1.165) is 62.1 Å². The first-order valence-corrected chi connectivity index (χ1v) is 13.1. The van der Waals surface area contributed by atoms with Gasteiger partial charge >= 0.3 is 5.97 Å². The summed E-state index contributed by atoms with van der Waals surface area (Å²) >= 11 is 0. The van der Waals surface area contributed by atoms with Crippen LogP contribution in [0.4, 0.5) is 0 Å². The molecule has 3 aliphatic rings. The van der Waals surface area contributed by atoms with Gasteiger partial charge in [0.25, 0.3) is 0 Å². The number of ether oxygens (including phenoxy) is 1. The number of hydrogen-bond acceptors (Lipinski definition) is 6. The van der Waals surface area contributed by atoms with Crippen molar-refractivity contribution in [3.63, 3.8) is 0 Å². The molecule has 1 N–H and O–H groups in total. The Hall–Kier alpha value is -3.63. The van der Waals surface area contributed by atoms with Crippen LogP contribution in [0, 0.1) is 16.7 Å². The molecule has 3 aromatic rings. The molecule has 1 spiro atoms. The number of aliphatic carboxylic acids is 1. The molecule has 0 amide bonds. The van der Waals surface area contributed by atoms with Gasteiger partial charge in [0, 0.05) is 29.6 Å². The largest absolute Gasteiger partial charge is 0.490 e. The molecular formula is C30H31N3O4. The Bertz CT molecular complexity index is 1410. The van der Waals surface area contributed by atoms with Crippen molar-refractivity contribution in [2.24, 2.45) is 5.41 Å². The van der Waals surface area contributed by atoms with Gasteiger partial charge in [-0.15, -0.1) is 0 Å². The minimum absolute atomic E-state index is 0.0197. The number of likely N-dealkylation sites (tertiary alicyclic amines) is 1. The maximum Gasteiger partial charge on any atom is 0.310 e. The highest BCUT2D eigenvalue weighted by molar-refractivity contribution is 5.78. The molecule has 1 saturated heterocycles. The van der Waals surface area contributed by atoms with E-state index in [1.807, 2.05) is 19.9 Å². The third kappa shape index (κ3) is 4.10. The average molecular weight is 498 g/mol. The fourth-order valence-electron chi connectivity index (χ4n) is 6.26. The standard InChI is InChI=1S/C30H31N3O4/c1-19(2)36-25-7-6-20(14-21(25)15-31)27-32-16-26(37-27)23-4-3-5-24-22(23)8-9-29(24)12-13-33(17-29)18-30(10-11-30)28(34)35/h3-7,14,16,19H,8-13,17-18H2,1-2H3,(H,34,35). The summed E-state index contributed by atoms with van der Waals surface area (Å²) in [7, 11) is 0. The Labute approximate surface area is 216 Å². The number of carbonyl (C=O) groups is 1. The van der Waals surface area contributed by atoms with Crippen molar-refractivity contribution >= 4 is 5.97 Å². The number of carboxylic acid groups (broad SMARTS) is 1. The zero-order valence-electron chi connectivity index (χ0n) is 21.3. The molecule has 37 heavy (non-hydrogen) atoms. The number of fused-ring (bicyclic) bond motifs is 2. The van der Waals surface area contributed by atoms with Crippen LogP contribution in [-0.4, -0.2) is 46.7 Å². The molecule has 7 nitrogen and oxygen atoms in total. The van der Waals surface area contributed by atoms with E-state index in [-0.39, 0.29) is 11.5 Å². The number of aromatic nitrogens is 1. The van der Waals surface area contributed by atoms with E-state index in [4.69, 9.17) is 9.15 Å². The SMILES string of the molecule is CC(C)Oc1ccc(-c2ncc(-c3cccc4c3CCC43CCN(CC4(C(=O)O)CC4)C3)o2)cc1C#N. The molecule has 2 aliphatic carbocycles. The van der Waals surface area contributed by atoms with Crippen LogP contribution in [0.1, 0.15) is 56.2 Å². The number of hydrogen-bond donors (Lipinski definition) is 1. The third-order valence-electron chi connectivity index (χ3n) is 8.35. The van der Waals surface area contributed by atoms with Gasteiger partial charge in [-0.25, -0.2) is 4.98 Å². The van der Waals surface area contributed by atoms with E-state index in [1.54, 1.807) is 18.3 Å². The maximum atomic E-state index is 11.7. The van der Waals surface area contributed by atoms with Gasteiger partial charge in [0.1, 0.15) is 11.8 Å². The third-order valence-corrected chi connectivity index (χ3v) is 8.35. The predicted octanol–water partition coefficient (Wildman–Crippen LogP) is 5.42. The van der Waals surface area contributed by atoms with Gasteiger partial charge in [-0.05, 0) is 81.8 Å². The number of benzene rings is 2. The summed E-state index contributed by atoms with van der Waals surface area (Å²) in [6.45, 7) is 6.39. The molecule has 1 unspecified atom stereocenters. The Kier molecular flexibility index (Phi) is 5.61. The summed E-state index contributed by atoms with van der Waals surface area (Å²) in [5.41, 5.74) is 4.50. The summed E-state index contributed by atoms with van der Waals surface area (Å²) in [6, 6.07) is 14.1. The Morgan fingerprint density at radius 2 is 2.08 bits per heavy atom. The Morgan fingerprint density at radius 1 is 1.24 bits per heavy atom. The van der Waals surface area contributed by atoms with E-state index in [9.17, 15) is 15.2 Å². The molecule has 1 aromatic heterocycles. The molecule has 190 valence electrons. The van der Waals surface area contributed by atoms with E-state index >= 15 is 0 Å². The van der Waals surface area contributed by atoms with Gasteiger partial charge in [-0.2, -0.15) is 5.26 Å². The highest BCUT2D eigenvalue weighted by Crippen LogP contribution is 2.51. The first-order chi connectivity index (χ1) is 17.8. The number of nitriles is 1. The molecule has 0 bridgehead atoms. The lowest BCUT2D eigenvalue weighted by Gasteiger charge is -2.27. The lowest BCUT2D eigenvalue weighted by atomic mass is 9.80. The predicted molar refractivity (Wildman–Crippen MR) is 138 cm³/mol. The summed E-state index contributed by atoms with van der Waals surface area (Å²) in [6.07, 6.45) is 6.44. The highest BCUT2D eigenvalue weighted by Gasteiger charge is 2.53. The second-order valence-corrected chi connectivity index (χ2v) is 11.2. The van der Waals surface area contributed by atoms with Crippen molar-refractivity contribution in [3.05, 3.63) is 59.3 Å². The van der Waals surface area contributed by atoms with Crippen LogP contribution in [-0.2, 0) is 16.6 Å². The van der Waals surface area contributed by atoms with Crippen molar-refractivity contribution in [2.45, 2.75) is 57.5 Å². The van der Waals surface area contributed by atoms with Crippen molar-refractivity contribution in [2.75, 3.05) is 19.6 Å². The summed E-state index contributed by atoms with van der Waals surface area (Å²) < 4.78 is 12.0. The lowest BCUT2D eigenvalue weighted by molar-refractivity contribution is -0.144. The van der Waals surface area contributed by atoms with Crippen molar-refractivity contribution in [1.82, 2.24) is 9.88 Å². The molecule has 0 radical (unpaired) electrons. The minimum Gasteiger partial charge on any atom is -0.490 e. The van der Waals surface area contributed by atoms with Crippen LogP contribution in [0.15, 0.2) is 47.0 Å². The van der Waals surface area contributed by atoms with Crippen LogP contribution in [0.5, 0.6) is 5.75 Å². The summed E-state index contributed by atoms with van der Waals surface area (Å²) in [4.78, 5) is 18.6. The van der Waals surface area contributed by atoms with E-state index in [1.165, 1.54) is 11.1 Å². The van der Waals surface area contributed by atoms with Gasteiger partial charge < -0.3 is 19.2 Å². The molecule has 2 aromatic carbocycles. The molecule has 1 aliphatic heterocycles. The van der Waals surface area contributed by atoms with Gasteiger partial charge in [0.05, 0.1) is 23.3 Å². The fraction of sp³-hybridized carbons (Fsp3) is 0.433. The van der Waals surface area contributed by atoms with Crippen molar-refractivity contribution in [1.29, 1.82) is 5.26 Å². The normalized spacial score (nSPS) is 21.8. The van der Waals surface area contributed by atoms with Crippen LogP contribution >= 0.6 is 0 Å². The van der Waals surface area contributed by atoms with Crippen molar-refractivity contribution in [3.8, 4) is 34.6 Å².